The van der Waals surface area contributed by atoms with E-state index >= 15 is 0 Å². The fourth-order valence-corrected chi connectivity index (χ4v) is 1.96. The molecule has 19 heavy (non-hydrogen) atoms. The minimum Gasteiger partial charge on any atom is -0.330 e. The van der Waals surface area contributed by atoms with Crippen LogP contribution >= 0.6 is 11.6 Å². The largest absolute Gasteiger partial charge is 0.330 e. The predicted octanol–water partition coefficient (Wildman–Crippen LogP) is 2.20. The lowest BCUT2D eigenvalue weighted by molar-refractivity contribution is -0.117. The molecule has 0 aliphatic carbocycles. The predicted molar refractivity (Wildman–Crippen MR) is 80.4 cm³/mol. The van der Waals surface area contributed by atoms with E-state index in [1.807, 2.05) is 11.9 Å². The summed E-state index contributed by atoms with van der Waals surface area (Å²) in [5.41, 5.74) is 6.44. The third kappa shape index (κ3) is 6.05. The molecule has 0 atom stereocenters. The van der Waals surface area contributed by atoms with E-state index < -0.39 is 0 Å². The van der Waals surface area contributed by atoms with Gasteiger partial charge in [-0.1, -0.05) is 25.4 Å². The Morgan fingerprint density at radius 2 is 1.95 bits per heavy atom. The van der Waals surface area contributed by atoms with Crippen molar-refractivity contribution in [2.24, 2.45) is 11.1 Å². The van der Waals surface area contributed by atoms with Gasteiger partial charge in [-0.2, -0.15) is 0 Å². The topological polar surface area (TPSA) is 58.4 Å². The minimum absolute atomic E-state index is 0.00923. The van der Waals surface area contributed by atoms with Crippen molar-refractivity contribution in [3.63, 3.8) is 0 Å². The average Bonchev–Trinajstić information content (AvgIpc) is 2.31. The number of likely N-dealkylation sites (N-methyl/N-ethyl adjacent to an activating group) is 1. The van der Waals surface area contributed by atoms with Crippen LogP contribution in [-0.4, -0.2) is 37.5 Å². The number of halogens is 1. The van der Waals surface area contributed by atoms with Crippen molar-refractivity contribution in [1.29, 1.82) is 0 Å². The summed E-state index contributed by atoms with van der Waals surface area (Å²) in [5, 5.41) is 3.49. The molecular weight excluding hydrogens is 262 g/mol. The van der Waals surface area contributed by atoms with E-state index in [2.05, 4.69) is 19.2 Å². The Hall–Kier alpha value is -1.10. The van der Waals surface area contributed by atoms with E-state index in [1.165, 1.54) is 0 Å². The van der Waals surface area contributed by atoms with Crippen molar-refractivity contribution in [3.05, 3.63) is 29.3 Å². The van der Waals surface area contributed by atoms with E-state index in [9.17, 15) is 4.79 Å². The highest BCUT2D eigenvalue weighted by atomic mass is 35.5. The maximum Gasteiger partial charge on any atom is 0.238 e. The van der Waals surface area contributed by atoms with Gasteiger partial charge in [0.25, 0.3) is 0 Å². The molecule has 106 valence electrons. The van der Waals surface area contributed by atoms with Crippen LogP contribution in [-0.2, 0) is 4.79 Å². The maximum atomic E-state index is 11.9. The normalized spacial score (nSPS) is 11.7. The zero-order valence-electron chi connectivity index (χ0n) is 11.7. The van der Waals surface area contributed by atoms with Gasteiger partial charge in [0.1, 0.15) is 0 Å². The van der Waals surface area contributed by atoms with Crippen LogP contribution in [0.4, 0.5) is 5.69 Å². The van der Waals surface area contributed by atoms with Crippen LogP contribution in [0.2, 0.25) is 5.02 Å². The summed E-state index contributed by atoms with van der Waals surface area (Å²) in [6.07, 6.45) is 0. The summed E-state index contributed by atoms with van der Waals surface area (Å²) in [5.74, 6) is -0.0438. The van der Waals surface area contributed by atoms with Gasteiger partial charge in [0.05, 0.1) is 6.54 Å². The number of nitrogens with one attached hydrogen (secondary N) is 1. The standard InChI is InChI=1S/C14H22ClN3O/c1-14(2,9-16)10-18(3)8-13(19)17-12-6-4-11(15)5-7-12/h4-7H,8-10,16H2,1-3H3,(H,17,19). The van der Waals surface area contributed by atoms with E-state index in [0.29, 0.717) is 18.1 Å². The van der Waals surface area contributed by atoms with Gasteiger partial charge in [-0.15, -0.1) is 0 Å². The second-order valence-corrected chi connectivity index (χ2v) is 6.03. The number of anilines is 1. The number of hydrogen-bond donors (Lipinski definition) is 2. The van der Waals surface area contributed by atoms with Crippen molar-refractivity contribution < 1.29 is 4.79 Å². The number of carbonyl (C=O) groups is 1. The fourth-order valence-electron chi connectivity index (χ4n) is 1.83. The summed E-state index contributed by atoms with van der Waals surface area (Å²) in [6.45, 7) is 5.88. The Morgan fingerprint density at radius 3 is 2.47 bits per heavy atom. The number of benzene rings is 1. The average molecular weight is 284 g/mol. The Balaban J connectivity index is 2.45. The Kier molecular flexibility index (Phi) is 5.79. The fraction of sp³-hybridized carbons (Fsp3) is 0.500. The lowest BCUT2D eigenvalue weighted by Gasteiger charge is -2.28. The molecule has 0 unspecified atom stereocenters. The van der Waals surface area contributed by atoms with Crippen molar-refractivity contribution in [2.75, 3.05) is 32.0 Å². The zero-order chi connectivity index (χ0) is 14.5. The minimum atomic E-state index is -0.0438. The second kappa shape index (κ2) is 6.89. The number of nitrogens with two attached hydrogens (primary N) is 1. The van der Waals surface area contributed by atoms with Crippen LogP contribution < -0.4 is 11.1 Å². The number of carbonyl (C=O) groups excluding carboxylic acids is 1. The zero-order valence-corrected chi connectivity index (χ0v) is 12.5. The first-order valence-corrected chi connectivity index (χ1v) is 6.64. The van der Waals surface area contributed by atoms with E-state index in [4.69, 9.17) is 17.3 Å². The van der Waals surface area contributed by atoms with Crippen LogP contribution in [0.3, 0.4) is 0 Å². The van der Waals surface area contributed by atoms with Crippen LogP contribution in [0.25, 0.3) is 0 Å². The van der Waals surface area contributed by atoms with Crippen LogP contribution in [0, 0.1) is 5.41 Å². The van der Waals surface area contributed by atoms with Crippen molar-refractivity contribution >= 4 is 23.2 Å². The first-order chi connectivity index (χ1) is 8.82. The molecule has 0 saturated carbocycles. The molecule has 1 rings (SSSR count). The molecule has 3 N–H and O–H groups in total. The molecule has 0 fully saturated rings. The molecule has 1 aromatic rings. The van der Waals surface area contributed by atoms with Crippen LogP contribution in [0.5, 0.6) is 0 Å². The number of hydrogen-bond acceptors (Lipinski definition) is 3. The van der Waals surface area contributed by atoms with Crippen LogP contribution in [0.1, 0.15) is 13.8 Å². The molecule has 4 nitrogen and oxygen atoms in total. The number of amides is 1. The monoisotopic (exact) mass is 283 g/mol. The van der Waals surface area contributed by atoms with Crippen molar-refractivity contribution in [3.8, 4) is 0 Å². The van der Waals surface area contributed by atoms with Gasteiger partial charge in [-0.3, -0.25) is 9.69 Å². The van der Waals surface area contributed by atoms with Crippen LogP contribution in [0.15, 0.2) is 24.3 Å². The molecular formula is C14H22ClN3O. The quantitative estimate of drug-likeness (QED) is 0.841. The van der Waals surface area contributed by atoms with E-state index in [1.54, 1.807) is 24.3 Å². The second-order valence-electron chi connectivity index (χ2n) is 5.60. The Labute approximate surface area is 119 Å². The first kappa shape index (κ1) is 16.0. The molecule has 0 bridgehead atoms. The van der Waals surface area contributed by atoms with Gasteiger partial charge in [0.2, 0.25) is 5.91 Å². The molecule has 5 heteroatoms. The van der Waals surface area contributed by atoms with Gasteiger partial charge in [0, 0.05) is 17.3 Å². The van der Waals surface area contributed by atoms with Gasteiger partial charge >= 0.3 is 0 Å². The molecule has 0 aromatic heterocycles. The van der Waals surface area contributed by atoms with Crippen molar-refractivity contribution in [2.45, 2.75) is 13.8 Å². The highest BCUT2D eigenvalue weighted by molar-refractivity contribution is 6.30. The first-order valence-electron chi connectivity index (χ1n) is 6.26. The third-order valence-electron chi connectivity index (χ3n) is 2.79. The molecule has 1 amide bonds. The molecule has 0 spiro atoms. The molecule has 0 aliphatic heterocycles. The molecule has 1 aromatic carbocycles. The van der Waals surface area contributed by atoms with Gasteiger partial charge in [-0.25, -0.2) is 0 Å². The summed E-state index contributed by atoms with van der Waals surface area (Å²) < 4.78 is 0. The Morgan fingerprint density at radius 1 is 1.37 bits per heavy atom. The third-order valence-corrected chi connectivity index (χ3v) is 3.04. The van der Waals surface area contributed by atoms with E-state index in [0.717, 1.165) is 12.2 Å². The molecule has 0 aliphatic rings. The van der Waals surface area contributed by atoms with Crippen molar-refractivity contribution in [1.82, 2.24) is 4.90 Å². The summed E-state index contributed by atoms with van der Waals surface area (Å²) in [6, 6.07) is 7.06. The summed E-state index contributed by atoms with van der Waals surface area (Å²) >= 11 is 5.79. The molecule has 0 heterocycles. The van der Waals surface area contributed by atoms with Gasteiger partial charge in [0.15, 0.2) is 0 Å². The maximum absolute atomic E-state index is 11.9. The lowest BCUT2D eigenvalue weighted by Crippen LogP contribution is -2.40. The smallest absolute Gasteiger partial charge is 0.238 e. The van der Waals surface area contributed by atoms with Gasteiger partial charge < -0.3 is 11.1 Å². The summed E-state index contributed by atoms with van der Waals surface area (Å²) in [7, 11) is 1.92. The lowest BCUT2D eigenvalue weighted by atomic mass is 9.93. The Bertz CT molecular complexity index is 417. The number of nitrogens with zero attached hydrogens (tertiary/aromatic N) is 1. The van der Waals surface area contributed by atoms with Gasteiger partial charge in [-0.05, 0) is 43.3 Å². The highest BCUT2D eigenvalue weighted by Crippen LogP contribution is 2.15. The SMILES string of the molecule is CN(CC(=O)Nc1ccc(Cl)cc1)CC(C)(C)CN. The molecule has 0 radical (unpaired) electrons. The number of rotatable bonds is 6. The highest BCUT2D eigenvalue weighted by Gasteiger charge is 2.19. The summed E-state index contributed by atoms with van der Waals surface area (Å²) in [4.78, 5) is 13.8. The molecule has 0 saturated heterocycles. The van der Waals surface area contributed by atoms with E-state index in [-0.39, 0.29) is 11.3 Å².